The number of hydrogen-bond donors (Lipinski definition) is 0. The van der Waals surface area contributed by atoms with Crippen LogP contribution in [0.4, 0.5) is 0 Å². The van der Waals surface area contributed by atoms with Crippen LogP contribution in [0, 0.1) is 0 Å². The van der Waals surface area contributed by atoms with Gasteiger partial charge in [0, 0.05) is 25.2 Å². The topological polar surface area (TPSA) is 51.0 Å². The van der Waals surface area contributed by atoms with Crippen LogP contribution in [0.3, 0.4) is 0 Å². The van der Waals surface area contributed by atoms with Gasteiger partial charge in [-0.1, -0.05) is 60.7 Å². The fourth-order valence-corrected chi connectivity index (χ4v) is 3.80. The smallest absolute Gasteiger partial charge is 0.254 e. The number of amides is 1. The fourth-order valence-electron chi connectivity index (χ4n) is 3.80. The van der Waals surface area contributed by atoms with Gasteiger partial charge in [0.2, 0.25) is 0 Å². The van der Waals surface area contributed by atoms with Crippen LogP contribution in [0.15, 0.2) is 72.9 Å². The number of rotatable bonds is 7. The predicted octanol–water partition coefficient (Wildman–Crippen LogP) is 5.38. The van der Waals surface area contributed by atoms with E-state index >= 15 is 0 Å². The summed E-state index contributed by atoms with van der Waals surface area (Å²) >= 11 is 0. The zero-order valence-electron chi connectivity index (χ0n) is 18.3. The minimum Gasteiger partial charge on any atom is -0.342 e. The zero-order valence-corrected chi connectivity index (χ0v) is 18.3. The number of pyridine rings is 1. The molecule has 0 aliphatic rings. The van der Waals surface area contributed by atoms with Crippen molar-refractivity contribution < 1.29 is 4.79 Å². The molecule has 0 aliphatic carbocycles. The molecule has 5 nitrogen and oxygen atoms in total. The number of fused-ring (bicyclic) bond motifs is 1. The van der Waals surface area contributed by atoms with Crippen molar-refractivity contribution in [2.24, 2.45) is 0 Å². The monoisotopic (exact) mass is 412 g/mol. The third-order valence-corrected chi connectivity index (χ3v) is 5.50. The number of aromatic nitrogens is 3. The molecule has 4 rings (SSSR count). The molecule has 31 heavy (non-hydrogen) atoms. The third-order valence-electron chi connectivity index (χ3n) is 5.50. The number of aryl methyl sites for hydroxylation is 1. The Morgan fingerprint density at radius 2 is 1.71 bits per heavy atom. The lowest BCUT2D eigenvalue weighted by atomic mass is 10.1. The summed E-state index contributed by atoms with van der Waals surface area (Å²) in [6, 6.07) is 22.4. The Labute approximate surface area is 183 Å². The van der Waals surface area contributed by atoms with Crippen molar-refractivity contribution in [2.75, 3.05) is 13.6 Å². The second-order valence-electron chi connectivity index (χ2n) is 8.16. The fraction of sp³-hybridized carbons (Fsp3) is 0.269. The van der Waals surface area contributed by atoms with Gasteiger partial charge in [0.1, 0.15) is 0 Å². The van der Waals surface area contributed by atoms with Crippen molar-refractivity contribution >= 4 is 16.9 Å². The molecule has 0 unspecified atom stereocenters. The SMILES string of the molecule is CC(C)n1ncc2c(C(=O)N(C)CCCc3ccccc3)cc(-c3ccccc3)nc21. The second kappa shape index (κ2) is 9.13. The van der Waals surface area contributed by atoms with Crippen molar-refractivity contribution in [1.82, 2.24) is 19.7 Å². The molecule has 1 amide bonds. The van der Waals surface area contributed by atoms with Crippen molar-refractivity contribution in [3.63, 3.8) is 0 Å². The highest BCUT2D eigenvalue weighted by atomic mass is 16.2. The van der Waals surface area contributed by atoms with Gasteiger partial charge in [0.25, 0.3) is 5.91 Å². The normalized spacial score (nSPS) is 11.2. The first kappa shape index (κ1) is 20.8. The number of nitrogens with zero attached hydrogens (tertiary/aromatic N) is 4. The van der Waals surface area contributed by atoms with Crippen LogP contribution in [-0.4, -0.2) is 39.2 Å². The van der Waals surface area contributed by atoms with Gasteiger partial charge in [-0.25, -0.2) is 9.67 Å². The van der Waals surface area contributed by atoms with E-state index in [4.69, 9.17) is 4.98 Å². The summed E-state index contributed by atoms with van der Waals surface area (Å²) in [5.74, 6) is 0.000879. The average Bonchev–Trinajstić information content (AvgIpc) is 3.23. The molecule has 5 heteroatoms. The van der Waals surface area contributed by atoms with E-state index in [0.29, 0.717) is 12.1 Å². The maximum Gasteiger partial charge on any atom is 0.254 e. The van der Waals surface area contributed by atoms with Gasteiger partial charge in [0.15, 0.2) is 5.65 Å². The summed E-state index contributed by atoms with van der Waals surface area (Å²) in [4.78, 5) is 20.1. The molecule has 2 heterocycles. The van der Waals surface area contributed by atoms with E-state index in [-0.39, 0.29) is 11.9 Å². The van der Waals surface area contributed by atoms with Crippen LogP contribution < -0.4 is 0 Å². The maximum atomic E-state index is 13.4. The molecule has 0 radical (unpaired) electrons. The van der Waals surface area contributed by atoms with Gasteiger partial charge in [-0.3, -0.25) is 4.79 Å². The standard InChI is InChI=1S/C26H28N4O/c1-19(2)30-25-23(18-27-30)22(17-24(28-25)21-14-8-5-9-15-21)26(31)29(3)16-10-13-20-11-6-4-7-12-20/h4-9,11-12,14-15,17-19H,10,13,16H2,1-3H3. The van der Waals surface area contributed by atoms with E-state index in [1.165, 1.54) is 5.56 Å². The van der Waals surface area contributed by atoms with Crippen LogP contribution in [-0.2, 0) is 6.42 Å². The van der Waals surface area contributed by atoms with Gasteiger partial charge in [-0.05, 0) is 38.3 Å². The molecule has 0 aliphatic heterocycles. The molecule has 0 saturated heterocycles. The van der Waals surface area contributed by atoms with Crippen LogP contribution in [0.2, 0.25) is 0 Å². The second-order valence-corrected chi connectivity index (χ2v) is 8.16. The van der Waals surface area contributed by atoms with Crippen molar-refractivity contribution in [2.45, 2.75) is 32.7 Å². The molecule has 2 aromatic carbocycles. The summed E-state index contributed by atoms with van der Waals surface area (Å²) in [6.07, 6.45) is 3.63. The Kier molecular flexibility index (Phi) is 6.12. The summed E-state index contributed by atoms with van der Waals surface area (Å²) in [5.41, 5.74) is 4.47. The number of carbonyl (C=O) groups is 1. The molecule has 158 valence electrons. The van der Waals surface area contributed by atoms with Gasteiger partial charge < -0.3 is 4.90 Å². The molecular formula is C26H28N4O. The predicted molar refractivity (Wildman–Crippen MR) is 125 cm³/mol. The minimum atomic E-state index is 0.000879. The van der Waals surface area contributed by atoms with Crippen LogP contribution in [0.1, 0.15) is 42.2 Å². The van der Waals surface area contributed by atoms with E-state index in [1.54, 1.807) is 11.1 Å². The minimum absolute atomic E-state index is 0.000879. The highest BCUT2D eigenvalue weighted by Crippen LogP contribution is 2.27. The van der Waals surface area contributed by atoms with Gasteiger partial charge in [-0.15, -0.1) is 0 Å². The molecule has 0 saturated carbocycles. The molecule has 0 bridgehead atoms. The Morgan fingerprint density at radius 1 is 1.03 bits per heavy atom. The number of carbonyl (C=O) groups excluding carboxylic acids is 1. The van der Waals surface area contributed by atoms with Gasteiger partial charge in [-0.2, -0.15) is 5.10 Å². The van der Waals surface area contributed by atoms with Crippen LogP contribution >= 0.6 is 0 Å². The lowest BCUT2D eigenvalue weighted by molar-refractivity contribution is 0.0795. The van der Waals surface area contributed by atoms with Crippen LogP contribution in [0.25, 0.3) is 22.3 Å². The van der Waals surface area contributed by atoms with E-state index in [0.717, 1.165) is 35.1 Å². The number of benzene rings is 2. The quantitative estimate of drug-likeness (QED) is 0.409. The third kappa shape index (κ3) is 4.50. The lowest BCUT2D eigenvalue weighted by Gasteiger charge is -2.18. The Bertz CT molecular complexity index is 1170. The van der Waals surface area contributed by atoms with Crippen molar-refractivity contribution in [3.8, 4) is 11.3 Å². The zero-order chi connectivity index (χ0) is 21.8. The molecule has 2 aromatic heterocycles. The first-order valence-electron chi connectivity index (χ1n) is 10.8. The van der Waals surface area contributed by atoms with E-state index in [2.05, 4.69) is 43.2 Å². The maximum absolute atomic E-state index is 13.4. The molecule has 0 fully saturated rings. The molecule has 0 atom stereocenters. The first-order valence-corrected chi connectivity index (χ1v) is 10.8. The largest absolute Gasteiger partial charge is 0.342 e. The van der Waals surface area contributed by atoms with E-state index < -0.39 is 0 Å². The van der Waals surface area contributed by atoms with E-state index in [1.807, 2.05) is 54.2 Å². The highest BCUT2D eigenvalue weighted by Gasteiger charge is 2.20. The summed E-state index contributed by atoms with van der Waals surface area (Å²) in [7, 11) is 1.87. The summed E-state index contributed by atoms with van der Waals surface area (Å²) < 4.78 is 1.88. The molecular weight excluding hydrogens is 384 g/mol. The van der Waals surface area contributed by atoms with Crippen molar-refractivity contribution in [1.29, 1.82) is 0 Å². The van der Waals surface area contributed by atoms with Crippen molar-refractivity contribution in [3.05, 3.63) is 84.1 Å². The Hall–Kier alpha value is -3.47. The molecule has 0 N–H and O–H groups in total. The van der Waals surface area contributed by atoms with Gasteiger partial charge in [0.05, 0.1) is 22.8 Å². The summed E-state index contributed by atoms with van der Waals surface area (Å²) in [5, 5.41) is 5.32. The van der Waals surface area contributed by atoms with Crippen LogP contribution in [0.5, 0.6) is 0 Å². The number of hydrogen-bond acceptors (Lipinski definition) is 3. The highest BCUT2D eigenvalue weighted by molar-refractivity contribution is 6.06. The summed E-state index contributed by atoms with van der Waals surface area (Å²) in [6.45, 7) is 4.83. The average molecular weight is 413 g/mol. The lowest BCUT2D eigenvalue weighted by Crippen LogP contribution is -2.28. The van der Waals surface area contributed by atoms with Gasteiger partial charge >= 0.3 is 0 Å². The first-order chi connectivity index (χ1) is 15.0. The Morgan fingerprint density at radius 3 is 2.39 bits per heavy atom. The Balaban J connectivity index is 1.64. The van der Waals surface area contributed by atoms with E-state index in [9.17, 15) is 4.79 Å². The molecule has 0 spiro atoms. The molecule has 4 aromatic rings.